The number of benzene rings is 2. The second-order valence-corrected chi connectivity index (χ2v) is 8.73. The van der Waals surface area contributed by atoms with Crippen LogP contribution in [0, 0.1) is 0 Å². The van der Waals surface area contributed by atoms with Gasteiger partial charge in [-0.3, -0.25) is 4.79 Å². The summed E-state index contributed by atoms with van der Waals surface area (Å²) in [6, 6.07) is 6.51. The van der Waals surface area contributed by atoms with Gasteiger partial charge in [0, 0.05) is 17.2 Å². The molecule has 1 aromatic heterocycles. The zero-order valence-corrected chi connectivity index (χ0v) is 21.7. The van der Waals surface area contributed by atoms with E-state index in [1.54, 1.807) is 19.9 Å². The van der Waals surface area contributed by atoms with Crippen LogP contribution in [0.5, 0.6) is 23.0 Å². The van der Waals surface area contributed by atoms with Crippen molar-refractivity contribution in [3.63, 3.8) is 0 Å². The van der Waals surface area contributed by atoms with Gasteiger partial charge in [-0.15, -0.1) is 0 Å². The minimum absolute atomic E-state index is 0.0436. The van der Waals surface area contributed by atoms with Gasteiger partial charge in [0.25, 0.3) is 12.2 Å². The molecule has 2 aromatic carbocycles. The van der Waals surface area contributed by atoms with Gasteiger partial charge in [0.1, 0.15) is 28.2 Å². The van der Waals surface area contributed by atoms with Gasteiger partial charge in [-0.1, -0.05) is 11.6 Å². The van der Waals surface area contributed by atoms with Crippen molar-refractivity contribution >= 4 is 34.8 Å². The number of phenols is 1. The van der Waals surface area contributed by atoms with Crippen LogP contribution in [0.4, 0.5) is 0 Å². The fourth-order valence-electron chi connectivity index (χ4n) is 3.66. The molecule has 0 aliphatic heterocycles. The summed E-state index contributed by atoms with van der Waals surface area (Å²) in [6.07, 6.45) is -3.40. The van der Waals surface area contributed by atoms with Crippen molar-refractivity contribution in [1.29, 1.82) is 0 Å². The normalized spacial score (nSPS) is 10.9. The van der Waals surface area contributed by atoms with Crippen molar-refractivity contribution < 1.29 is 63.3 Å². The zero-order chi connectivity index (χ0) is 30.6. The van der Waals surface area contributed by atoms with Crippen LogP contribution >= 0.6 is 0 Å². The number of allylic oxidation sites excluding steroid dienone is 2. The molecular weight excluding hydrogens is 548 g/mol. The highest BCUT2D eigenvalue weighted by molar-refractivity contribution is 5.98. The van der Waals surface area contributed by atoms with E-state index in [4.69, 9.17) is 18.6 Å². The summed E-state index contributed by atoms with van der Waals surface area (Å²) in [4.78, 5) is 59.8. The highest BCUT2D eigenvalue weighted by Crippen LogP contribution is 2.40. The molecule has 0 saturated carbocycles. The molecule has 1 heterocycles. The molecule has 5 N–H and O–H groups in total. The van der Waals surface area contributed by atoms with Crippen molar-refractivity contribution in [2.75, 3.05) is 7.11 Å². The van der Waals surface area contributed by atoms with Crippen LogP contribution in [0.2, 0.25) is 0 Å². The lowest BCUT2D eigenvalue weighted by molar-refractivity contribution is -0.160. The predicted molar refractivity (Wildman–Crippen MR) is 139 cm³/mol. The number of rotatable bonds is 12. The van der Waals surface area contributed by atoms with Crippen molar-refractivity contribution in [1.82, 2.24) is 0 Å². The molecule has 0 bridgehead atoms. The van der Waals surface area contributed by atoms with Crippen molar-refractivity contribution in [2.45, 2.75) is 32.5 Å². The summed E-state index contributed by atoms with van der Waals surface area (Å²) >= 11 is 0. The Morgan fingerprint density at radius 3 is 1.93 bits per heavy atom. The van der Waals surface area contributed by atoms with E-state index in [2.05, 4.69) is 0 Å². The minimum atomic E-state index is -2.53. The summed E-state index contributed by atoms with van der Waals surface area (Å²) < 4.78 is 21.4. The highest BCUT2D eigenvalue weighted by Gasteiger charge is 2.34. The molecule has 0 fully saturated rings. The fourth-order valence-corrected chi connectivity index (χ4v) is 3.66. The van der Waals surface area contributed by atoms with Gasteiger partial charge in [-0.05, 0) is 44.5 Å². The fraction of sp³-hybridized carbons (Fsp3) is 0.222. The van der Waals surface area contributed by atoms with E-state index in [0.29, 0.717) is 5.75 Å². The second kappa shape index (κ2) is 12.1. The average Bonchev–Trinajstić information content (AvgIpc) is 2.89. The van der Waals surface area contributed by atoms with Gasteiger partial charge in [0.15, 0.2) is 5.76 Å². The zero-order valence-electron chi connectivity index (χ0n) is 21.7. The number of ether oxygens (including phenoxy) is 3. The molecule has 0 aliphatic rings. The number of carboxylic acid groups (broad SMARTS) is 4. The lowest BCUT2D eigenvalue weighted by Gasteiger charge is -2.19. The van der Waals surface area contributed by atoms with E-state index < -0.39 is 69.9 Å². The Morgan fingerprint density at radius 1 is 0.902 bits per heavy atom. The molecule has 216 valence electrons. The van der Waals surface area contributed by atoms with Gasteiger partial charge in [-0.2, -0.15) is 0 Å². The first-order valence-electron chi connectivity index (χ1n) is 11.6. The molecule has 14 heteroatoms. The van der Waals surface area contributed by atoms with Gasteiger partial charge in [0.05, 0.1) is 7.11 Å². The SMILES string of the molecule is COc1ccc(-c2oc3c(CC=C(C)C)c(OC(C(=O)O)C(=O)O)cc(O)c3c(=O)c2OC(C(=O)O)C(=O)O)cc1. The van der Waals surface area contributed by atoms with Crippen LogP contribution in [0.25, 0.3) is 22.3 Å². The van der Waals surface area contributed by atoms with E-state index in [9.17, 15) is 49.5 Å². The van der Waals surface area contributed by atoms with Gasteiger partial charge < -0.3 is 44.2 Å². The van der Waals surface area contributed by atoms with E-state index in [-0.39, 0.29) is 23.1 Å². The molecule has 0 saturated heterocycles. The van der Waals surface area contributed by atoms with Crippen LogP contribution in [0.3, 0.4) is 0 Å². The molecule has 0 unspecified atom stereocenters. The first kappa shape index (κ1) is 30.0. The number of carboxylic acids is 4. The van der Waals surface area contributed by atoms with E-state index in [0.717, 1.165) is 11.6 Å². The Labute approximate surface area is 230 Å². The van der Waals surface area contributed by atoms with Crippen molar-refractivity contribution in [2.24, 2.45) is 0 Å². The molecule has 14 nitrogen and oxygen atoms in total. The Balaban J connectivity index is 2.47. The number of carbonyl (C=O) groups is 4. The lowest BCUT2D eigenvalue weighted by Crippen LogP contribution is -2.37. The molecule has 3 rings (SSSR count). The summed E-state index contributed by atoms with van der Waals surface area (Å²) in [7, 11) is 1.39. The second-order valence-electron chi connectivity index (χ2n) is 8.73. The summed E-state index contributed by atoms with van der Waals surface area (Å²) in [5.74, 6) is -9.76. The van der Waals surface area contributed by atoms with Crippen LogP contribution in [-0.2, 0) is 25.6 Å². The van der Waals surface area contributed by atoms with Crippen molar-refractivity contribution in [3.8, 4) is 34.3 Å². The Kier molecular flexibility index (Phi) is 8.87. The number of hydrogen-bond donors (Lipinski definition) is 5. The number of fused-ring (bicyclic) bond motifs is 1. The lowest BCUT2D eigenvalue weighted by atomic mass is 10.0. The van der Waals surface area contributed by atoms with E-state index >= 15 is 0 Å². The van der Waals surface area contributed by atoms with Crippen LogP contribution in [0.15, 0.2) is 51.2 Å². The maximum absolute atomic E-state index is 13.7. The molecule has 0 radical (unpaired) electrons. The highest BCUT2D eigenvalue weighted by atomic mass is 16.6. The molecule has 0 aliphatic carbocycles. The summed E-state index contributed by atoms with van der Waals surface area (Å²) in [5.41, 5.74) is -0.730. The number of hydrogen-bond acceptors (Lipinski definition) is 10. The van der Waals surface area contributed by atoms with E-state index in [1.165, 1.54) is 31.4 Å². The maximum atomic E-state index is 13.7. The Bertz CT molecular complexity index is 1580. The maximum Gasteiger partial charge on any atom is 0.356 e. The summed E-state index contributed by atoms with van der Waals surface area (Å²) in [5, 5.41) is 47.5. The average molecular weight is 572 g/mol. The van der Waals surface area contributed by atoms with Crippen molar-refractivity contribution in [3.05, 3.63) is 57.8 Å². The monoisotopic (exact) mass is 572 g/mol. The largest absolute Gasteiger partial charge is 0.507 e. The van der Waals surface area contributed by atoms with Gasteiger partial charge in [0.2, 0.25) is 11.2 Å². The molecule has 0 atom stereocenters. The minimum Gasteiger partial charge on any atom is -0.507 e. The quantitative estimate of drug-likeness (QED) is 0.155. The number of aliphatic carboxylic acids is 4. The Morgan fingerprint density at radius 2 is 1.44 bits per heavy atom. The molecule has 3 aromatic rings. The van der Waals surface area contributed by atoms with Gasteiger partial charge >= 0.3 is 23.9 Å². The topological polar surface area (TPSA) is 227 Å². The number of aromatic hydroxyl groups is 1. The predicted octanol–water partition coefficient (Wildman–Crippen LogP) is 2.52. The third-order valence-electron chi connectivity index (χ3n) is 5.61. The molecule has 0 amide bonds. The number of methoxy groups -OCH3 is 1. The van der Waals surface area contributed by atoms with Gasteiger partial charge in [-0.25, -0.2) is 19.2 Å². The first-order chi connectivity index (χ1) is 19.3. The number of phenolic OH excluding ortho intramolecular Hbond substituents is 1. The molecule has 0 spiro atoms. The Hall–Kier alpha value is -5.53. The first-order valence-corrected chi connectivity index (χ1v) is 11.6. The summed E-state index contributed by atoms with van der Waals surface area (Å²) in [6.45, 7) is 3.45. The van der Waals surface area contributed by atoms with E-state index in [1.807, 2.05) is 0 Å². The third-order valence-corrected chi connectivity index (χ3v) is 5.61. The smallest absolute Gasteiger partial charge is 0.356 e. The standard InChI is InChI=1S/C27H24O14/c1-11(2)4-9-14-16(39-22(24(30)31)25(32)33)10-15(28)17-18(29)21(41-23(26(34)35)27(36)37)19(40-20(14)17)12-5-7-13(38-3)8-6-12/h4-8,10,22-23,28H,9H2,1-3H3,(H,30,31)(H,32,33)(H,34,35)(H,36,37). The molecular formula is C27H24O14. The van der Waals surface area contributed by atoms with Crippen LogP contribution in [-0.4, -0.2) is 68.7 Å². The van der Waals surface area contributed by atoms with Crippen LogP contribution < -0.4 is 19.6 Å². The molecule has 41 heavy (non-hydrogen) atoms. The third kappa shape index (κ3) is 6.38. The van der Waals surface area contributed by atoms with Crippen LogP contribution in [0.1, 0.15) is 19.4 Å².